The van der Waals surface area contributed by atoms with E-state index in [0.717, 1.165) is 28.3 Å². The van der Waals surface area contributed by atoms with Gasteiger partial charge in [-0.2, -0.15) is 0 Å². The molecule has 0 spiro atoms. The van der Waals surface area contributed by atoms with Crippen molar-refractivity contribution in [3.8, 4) is 0 Å². The summed E-state index contributed by atoms with van der Waals surface area (Å²) in [5, 5.41) is 4.04. The average Bonchev–Trinajstić information content (AvgIpc) is 2.36. The molecule has 1 unspecified atom stereocenters. The topological polar surface area (TPSA) is 29.1 Å². The maximum absolute atomic E-state index is 11.9. The Morgan fingerprint density at radius 2 is 2.16 bits per heavy atom. The number of alkyl halides is 1. The second kappa shape index (κ2) is 9.54. The van der Waals surface area contributed by atoms with Gasteiger partial charge < -0.3 is 5.32 Å². The highest BCUT2D eigenvalue weighted by molar-refractivity contribution is 9.10. The Balaban J connectivity index is 2.38. The van der Waals surface area contributed by atoms with Gasteiger partial charge >= 0.3 is 0 Å². The number of benzene rings is 1. The van der Waals surface area contributed by atoms with Crippen molar-refractivity contribution in [1.82, 2.24) is 5.32 Å². The van der Waals surface area contributed by atoms with E-state index in [1.54, 1.807) is 0 Å². The van der Waals surface area contributed by atoms with Crippen molar-refractivity contribution >= 4 is 37.8 Å². The molecule has 0 radical (unpaired) electrons. The predicted octanol–water partition coefficient (Wildman–Crippen LogP) is 4.31. The van der Waals surface area contributed by atoms with Crippen LogP contribution in [0.1, 0.15) is 31.7 Å². The van der Waals surface area contributed by atoms with Crippen LogP contribution in [-0.4, -0.2) is 17.8 Å². The van der Waals surface area contributed by atoms with Crippen LogP contribution in [0.5, 0.6) is 0 Å². The van der Waals surface area contributed by atoms with E-state index in [2.05, 4.69) is 44.1 Å². The molecule has 106 valence electrons. The summed E-state index contributed by atoms with van der Waals surface area (Å²) in [7, 11) is 0. The third-order valence-electron chi connectivity index (χ3n) is 3.06. The molecule has 0 saturated carbocycles. The first-order valence-corrected chi connectivity index (χ1v) is 8.64. The summed E-state index contributed by atoms with van der Waals surface area (Å²) in [6.45, 7) is 2.97. The van der Waals surface area contributed by atoms with E-state index < -0.39 is 0 Å². The molecule has 1 amide bonds. The van der Waals surface area contributed by atoms with Crippen molar-refractivity contribution in [2.75, 3.05) is 11.9 Å². The van der Waals surface area contributed by atoms with Gasteiger partial charge in [-0.05, 0) is 36.5 Å². The summed E-state index contributed by atoms with van der Waals surface area (Å²) in [5.74, 6) is 0.685. The molecule has 1 rings (SSSR count). The normalized spacial score (nSPS) is 12.2. The van der Waals surface area contributed by atoms with Crippen molar-refractivity contribution in [2.24, 2.45) is 5.92 Å². The van der Waals surface area contributed by atoms with Crippen LogP contribution >= 0.6 is 31.9 Å². The molecule has 0 fully saturated rings. The molecule has 2 nitrogen and oxygen atoms in total. The SMILES string of the molecule is CCCC(CCBr)CNC(=O)Cc1cccc(Br)c1. The summed E-state index contributed by atoms with van der Waals surface area (Å²) in [5.41, 5.74) is 1.04. The maximum Gasteiger partial charge on any atom is 0.224 e. The Morgan fingerprint density at radius 3 is 2.79 bits per heavy atom. The molecule has 1 aromatic rings. The first-order valence-electron chi connectivity index (χ1n) is 6.72. The van der Waals surface area contributed by atoms with Gasteiger partial charge in [0.1, 0.15) is 0 Å². The van der Waals surface area contributed by atoms with Crippen molar-refractivity contribution in [3.63, 3.8) is 0 Å². The molecule has 1 aromatic carbocycles. The van der Waals surface area contributed by atoms with Gasteiger partial charge in [-0.25, -0.2) is 0 Å². The number of hydrogen-bond donors (Lipinski definition) is 1. The van der Waals surface area contributed by atoms with Crippen molar-refractivity contribution in [3.05, 3.63) is 34.3 Å². The van der Waals surface area contributed by atoms with Gasteiger partial charge in [-0.15, -0.1) is 0 Å². The van der Waals surface area contributed by atoms with Gasteiger partial charge in [0.25, 0.3) is 0 Å². The highest BCUT2D eigenvalue weighted by Gasteiger charge is 2.09. The van der Waals surface area contributed by atoms with Gasteiger partial charge in [0.15, 0.2) is 0 Å². The van der Waals surface area contributed by atoms with Crippen LogP contribution in [0.15, 0.2) is 28.7 Å². The minimum atomic E-state index is 0.105. The average molecular weight is 391 g/mol. The number of carbonyl (C=O) groups is 1. The molecule has 0 aliphatic heterocycles. The van der Waals surface area contributed by atoms with E-state index in [4.69, 9.17) is 0 Å². The van der Waals surface area contributed by atoms with E-state index in [-0.39, 0.29) is 5.91 Å². The highest BCUT2D eigenvalue weighted by atomic mass is 79.9. The lowest BCUT2D eigenvalue weighted by molar-refractivity contribution is -0.120. The number of hydrogen-bond acceptors (Lipinski definition) is 1. The minimum Gasteiger partial charge on any atom is -0.356 e. The Labute approximate surface area is 132 Å². The van der Waals surface area contributed by atoms with Crippen molar-refractivity contribution in [1.29, 1.82) is 0 Å². The van der Waals surface area contributed by atoms with Gasteiger partial charge in [0.2, 0.25) is 5.91 Å². The zero-order chi connectivity index (χ0) is 14.1. The number of rotatable bonds is 8. The predicted molar refractivity (Wildman–Crippen MR) is 87.7 cm³/mol. The number of amides is 1. The first kappa shape index (κ1) is 16.7. The van der Waals surface area contributed by atoms with E-state index in [1.807, 2.05) is 24.3 Å². The zero-order valence-electron chi connectivity index (χ0n) is 11.3. The van der Waals surface area contributed by atoms with Crippen LogP contribution < -0.4 is 5.32 Å². The van der Waals surface area contributed by atoms with E-state index in [9.17, 15) is 4.79 Å². The summed E-state index contributed by atoms with van der Waals surface area (Å²) in [4.78, 5) is 11.9. The molecule has 1 atom stereocenters. The smallest absolute Gasteiger partial charge is 0.224 e. The third kappa shape index (κ3) is 7.11. The minimum absolute atomic E-state index is 0.105. The molecule has 0 bridgehead atoms. The Morgan fingerprint density at radius 1 is 1.37 bits per heavy atom. The van der Waals surface area contributed by atoms with Crippen LogP contribution in [0.25, 0.3) is 0 Å². The largest absolute Gasteiger partial charge is 0.356 e. The van der Waals surface area contributed by atoms with E-state index in [0.29, 0.717) is 12.3 Å². The van der Waals surface area contributed by atoms with Crippen LogP contribution in [0.3, 0.4) is 0 Å². The second-order valence-electron chi connectivity index (χ2n) is 4.74. The van der Waals surface area contributed by atoms with Crippen LogP contribution in [0, 0.1) is 5.92 Å². The van der Waals surface area contributed by atoms with Gasteiger partial charge in [-0.1, -0.05) is 57.3 Å². The second-order valence-corrected chi connectivity index (χ2v) is 6.45. The Kier molecular flexibility index (Phi) is 8.38. The van der Waals surface area contributed by atoms with Crippen LogP contribution in [0.2, 0.25) is 0 Å². The molecule has 0 aliphatic carbocycles. The Bertz CT molecular complexity index is 389. The monoisotopic (exact) mass is 389 g/mol. The summed E-state index contributed by atoms with van der Waals surface area (Å²) in [6.07, 6.45) is 3.90. The number of nitrogens with one attached hydrogen (secondary N) is 1. The molecule has 0 heterocycles. The molecule has 0 aliphatic rings. The summed E-state index contributed by atoms with van der Waals surface area (Å²) in [6, 6.07) is 7.89. The van der Waals surface area contributed by atoms with Gasteiger partial charge in [0.05, 0.1) is 6.42 Å². The lowest BCUT2D eigenvalue weighted by Crippen LogP contribution is -2.30. The number of carbonyl (C=O) groups excluding carboxylic acids is 1. The van der Waals surface area contributed by atoms with Crippen molar-refractivity contribution < 1.29 is 4.79 Å². The standard InChI is InChI=1S/C15H21Br2NO/c1-2-4-12(7-8-16)11-18-15(19)10-13-5-3-6-14(17)9-13/h3,5-6,9,12H,2,4,7-8,10-11H2,1H3,(H,18,19). The molecular weight excluding hydrogens is 370 g/mol. The Hall–Kier alpha value is -0.350. The lowest BCUT2D eigenvalue weighted by atomic mass is 10.0. The van der Waals surface area contributed by atoms with Gasteiger partial charge in [0, 0.05) is 16.3 Å². The van der Waals surface area contributed by atoms with Crippen LogP contribution in [-0.2, 0) is 11.2 Å². The molecular formula is C15H21Br2NO. The molecule has 1 N–H and O–H groups in total. The fourth-order valence-electron chi connectivity index (χ4n) is 2.06. The zero-order valence-corrected chi connectivity index (χ0v) is 14.5. The quantitative estimate of drug-likeness (QED) is 0.658. The fourth-order valence-corrected chi connectivity index (χ4v) is 3.16. The summed E-state index contributed by atoms with van der Waals surface area (Å²) < 4.78 is 1.01. The highest BCUT2D eigenvalue weighted by Crippen LogP contribution is 2.13. The van der Waals surface area contributed by atoms with Gasteiger partial charge in [-0.3, -0.25) is 4.79 Å². The number of halogens is 2. The van der Waals surface area contributed by atoms with Crippen LogP contribution in [0.4, 0.5) is 0 Å². The lowest BCUT2D eigenvalue weighted by Gasteiger charge is -2.15. The first-order chi connectivity index (χ1) is 9.15. The van der Waals surface area contributed by atoms with E-state index in [1.165, 1.54) is 12.8 Å². The fraction of sp³-hybridized carbons (Fsp3) is 0.533. The van der Waals surface area contributed by atoms with Crippen molar-refractivity contribution in [2.45, 2.75) is 32.6 Å². The molecule has 19 heavy (non-hydrogen) atoms. The van der Waals surface area contributed by atoms with E-state index >= 15 is 0 Å². The molecule has 0 saturated heterocycles. The molecule has 4 heteroatoms. The third-order valence-corrected chi connectivity index (χ3v) is 4.01. The molecule has 0 aromatic heterocycles. The summed E-state index contributed by atoms with van der Waals surface area (Å²) >= 11 is 6.89. The maximum atomic E-state index is 11.9.